The van der Waals surface area contributed by atoms with Crippen LogP contribution in [-0.4, -0.2) is 6.21 Å². The Morgan fingerprint density at radius 3 is 2.27 bits per heavy atom. The minimum absolute atomic E-state index is 1.12. The quantitative estimate of drug-likeness (QED) is 0.366. The second-order valence-electron chi connectivity index (χ2n) is 2.58. The van der Waals surface area contributed by atoms with E-state index in [-0.39, 0.29) is 0 Å². The SMILES string of the molecule is Cc1cccc(C)c1/C=N/N. The lowest BCUT2D eigenvalue weighted by atomic mass is 10.0. The van der Waals surface area contributed by atoms with Gasteiger partial charge in [0.15, 0.2) is 0 Å². The molecule has 0 aromatic heterocycles. The topological polar surface area (TPSA) is 38.4 Å². The monoisotopic (exact) mass is 148 g/mol. The number of nitrogens with two attached hydrogens (primary N) is 1. The van der Waals surface area contributed by atoms with Gasteiger partial charge >= 0.3 is 0 Å². The highest BCUT2D eigenvalue weighted by Crippen LogP contribution is 2.09. The summed E-state index contributed by atoms with van der Waals surface area (Å²) < 4.78 is 0. The van der Waals surface area contributed by atoms with Crippen LogP contribution in [0.1, 0.15) is 16.7 Å². The van der Waals surface area contributed by atoms with Crippen molar-refractivity contribution in [2.45, 2.75) is 13.8 Å². The largest absolute Gasteiger partial charge is 0.323 e. The molecule has 11 heavy (non-hydrogen) atoms. The minimum Gasteiger partial charge on any atom is -0.323 e. The van der Waals surface area contributed by atoms with Crippen LogP contribution in [-0.2, 0) is 0 Å². The first kappa shape index (κ1) is 7.79. The first-order valence-corrected chi connectivity index (χ1v) is 3.55. The maximum absolute atomic E-state index is 5.07. The Morgan fingerprint density at radius 2 is 1.82 bits per heavy atom. The summed E-state index contributed by atoms with van der Waals surface area (Å²) in [6.07, 6.45) is 1.69. The van der Waals surface area contributed by atoms with Crippen molar-refractivity contribution in [3.05, 3.63) is 34.9 Å². The standard InChI is InChI=1S/C9H12N2/c1-7-4-3-5-8(2)9(7)6-11-10/h3-6H,10H2,1-2H3/b11-6+. The Morgan fingerprint density at radius 1 is 1.27 bits per heavy atom. The van der Waals surface area contributed by atoms with Crippen molar-refractivity contribution in [2.24, 2.45) is 10.9 Å². The average Bonchev–Trinajstić information content (AvgIpc) is 1.97. The van der Waals surface area contributed by atoms with Crippen molar-refractivity contribution >= 4 is 6.21 Å². The highest BCUT2D eigenvalue weighted by Gasteiger charge is 1.96. The van der Waals surface area contributed by atoms with Crippen LogP contribution in [0.2, 0.25) is 0 Å². The van der Waals surface area contributed by atoms with E-state index in [4.69, 9.17) is 5.84 Å². The van der Waals surface area contributed by atoms with E-state index < -0.39 is 0 Å². The van der Waals surface area contributed by atoms with Gasteiger partial charge in [0.25, 0.3) is 0 Å². The van der Waals surface area contributed by atoms with Gasteiger partial charge in [0.2, 0.25) is 0 Å². The predicted octanol–water partition coefficient (Wildman–Crippen LogP) is 1.60. The Labute approximate surface area is 66.7 Å². The Kier molecular flexibility index (Phi) is 2.26. The van der Waals surface area contributed by atoms with Crippen LogP contribution in [0.4, 0.5) is 0 Å². The summed E-state index contributed by atoms with van der Waals surface area (Å²) in [7, 11) is 0. The first-order chi connectivity index (χ1) is 5.25. The Balaban J connectivity index is 3.20. The molecule has 2 heteroatoms. The molecule has 2 N–H and O–H groups in total. The fourth-order valence-corrected chi connectivity index (χ4v) is 1.11. The van der Waals surface area contributed by atoms with Crippen LogP contribution in [0.5, 0.6) is 0 Å². The lowest BCUT2D eigenvalue weighted by molar-refractivity contribution is 1.25. The predicted molar refractivity (Wildman–Crippen MR) is 47.7 cm³/mol. The molecule has 0 aliphatic heterocycles. The Bertz CT molecular complexity index is 257. The van der Waals surface area contributed by atoms with Crippen molar-refractivity contribution in [3.63, 3.8) is 0 Å². The van der Waals surface area contributed by atoms with Gasteiger partial charge < -0.3 is 5.84 Å². The van der Waals surface area contributed by atoms with Crippen LogP contribution in [0, 0.1) is 13.8 Å². The summed E-state index contributed by atoms with van der Waals surface area (Å²) in [4.78, 5) is 0. The molecule has 0 saturated carbocycles. The van der Waals surface area contributed by atoms with Crippen LogP contribution in [0.25, 0.3) is 0 Å². The number of benzene rings is 1. The van der Waals surface area contributed by atoms with E-state index in [1.807, 2.05) is 32.0 Å². The highest BCUT2D eigenvalue weighted by molar-refractivity contribution is 5.83. The van der Waals surface area contributed by atoms with Crippen molar-refractivity contribution in [2.75, 3.05) is 0 Å². The summed E-state index contributed by atoms with van der Waals surface area (Å²) in [5.74, 6) is 5.07. The molecular formula is C9H12N2. The fourth-order valence-electron chi connectivity index (χ4n) is 1.11. The summed E-state index contributed by atoms with van der Waals surface area (Å²) in [5.41, 5.74) is 3.54. The van der Waals surface area contributed by atoms with Crippen molar-refractivity contribution in [1.29, 1.82) is 0 Å². The molecule has 0 atom stereocenters. The van der Waals surface area contributed by atoms with Crippen LogP contribution in [0.3, 0.4) is 0 Å². The van der Waals surface area contributed by atoms with Gasteiger partial charge in [-0.2, -0.15) is 5.10 Å². The molecule has 0 fully saturated rings. The molecule has 0 aliphatic carbocycles. The summed E-state index contributed by atoms with van der Waals surface area (Å²) in [6, 6.07) is 6.12. The summed E-state index contributed by atoms with van der Waals surface area (Å²) in [6.45, 7) is 4.09. The van der Waals surface area contributed by atoms with E-state index in [0.717, 1.165) is 5.56 Å². The van der Waals surface area contributed by atoms with Gasteiger partial charge in [0, 0.05) is 5.56 Å². The molecule has 0 saturated heterocycles. The molecular weight excluding hydrogens is 136 g/mol. The van der Waals surface area contributed by atoms with Gasteiger partial charge in [0.1, 0.15) is 0 Å². The summed E-state index contributed by atoms with van der Waals surface area (Å²) in [5, 5.41) is 3.50. The average molecular weight is 148 g/mol. The molecule has 0 heterocycles. The van der Waals surface area contributed by atoms with Crippen molar-refractivity contribution in [1.82, 2.24) is 0 Å². The lowest BCUT2D eigenvalue weighted by Crippen LogP contribution is -1.93. The first-order valence-electron chi connectivity index (χ1n) is 3.55. The summed E-state index contributed by atoms with van der Waals surface area (Å²) >= 11 is 0. The smallest absolute Gasteiger partial charge is 0.0543 e. The molecule has 1 rings (SSSR count). The van der Waals surface area contributed by atoms with Gasteiger partial charge in [-0.3, -0.25) is 0 Å². The molecule has 0 radical (unpaired) electrons. The molecule has 2 nitrogen and oxygen atoms in total. The zero-order valence-corrected chi connectivity index (χ0v) is 6.83. The molecule has 1 aromatic carbocycles. The lowest BCUT2D eigenvalue weighted by Gasteiger charge is -2.01. The highest BCUT2D eigenvalue weighted by atomic mass is 15.1. The zero-order chi connectivity index (χ0) is 8.27. The fraction of sp³-hybridized carbons (Fsp3) is 0.222. The number of rotatable bonds is 1. The molecule has 0 amide bonds. The van der Waals surface area contributed by atoms with Gasteiger partial charge in [-0.25, -0.2) is 0 Å². The molecule has 0 bridgehead atoms. The number of hydrogen-bond donors (Lipinski definition) is 1. The van der Waals surface area contributed by atoms with E-state index in [2.05, 4.69) is 5.10 Å². The van der Waals surface area contributed by atoms with E-state index in [1.54, 1.807) is 6.21 Å². The number of aryl methyl sites for hydroxylation is 2. The van der Waals surface area contributed by atoms with Gasteiger partial charge in [0.05, 0.1) is 6.21 Å². The molecule has 0 unspecified atom stereocenters. The number of hydrazone groups is 1. The third kappa shape index (κ3) is 1.58. The van der Waals surface area contributed by atoms with E-state index in [9.17, 15) is 0 Å². The molecule has 0 spiro atoms. The molecule has 0 aliphatic rings. The van der Waals surface area contributed by atoms with Gasteiger partial charge in [-0.05, 0) is 25.0 Å². The van der Waals surface area contributed by atoms with E-state index in [0.29, 0.717) is 0 Å². The minimum atomic E-state index is 1.12. The number of hydrogen-bond acceptors (Lipinski definition) is 2. The Hall–Kier alpha value is -1.31. The zero-order valence-electron chi connectivity index (χ0n) is 6.83. The second kappa shape index (κ2) is 3.19. The van der Waals surface area contributed by atoms with Gasteiger partial charge in [-0.1, -0.05) is 18.2 Å². The van der Waals surface area contributed by atoms with Crippen LogP contribution in [0.15, 0.2) is 23.3 Å². The molecule has 1 aromatic rings. The van der Waals surface area contributed by atoms with Crippen LogP contribution < -0.4 is 5.84 Å². The second-order valence-corrected chi connectivity index (χ2v) is 2.58. The normalized spacial score (nSPS) is 10.7. The maximum Gasteiger partial charge on any atom is 0.0543 e. The third-order valence-electron chi connectivity index (χ3n) is 1.75. The van der Waals surface area contributed by atoms with E-state index in [1.165, 1.54) is 11.1 Å². The maximum atomic E-state index is 5.07. The third-order valence-corrected chi connectivity index (χ3v) is 1.75. The van der Waals surface area contributed by atoms with Crippen molar-refractivity contribution < 1.29 is 0 Å². The number of nitrogens with zero attached hydrogens (tertiary/aromatic N) is 1. The van der Waals surface area contributed by atoms with Crippen LogP contribution >= 0.6 is 0 Å². The van der Waals surface area contributed by atoms with Crippen molar-refractivity contribution in [3.8, 4) is 0 Å². The molecule has 58 valence electrons. The van der Waals surface area contributed by atoms with Gasteiger partial charge in [-0.15, -0.1) is 0 Å². The van der Waals surface area contributed by atoms with E-state index >= 15 is 0 Å².